The lowest BCUT2D eigenvalue weighted by molar-refractivity contribution is -0.159. The highest BCUT2D eigenvalue weighted by Gasteiger charge is 2.33. The number of hydrogen-bond acceptors (Lipinski definition) is 6. The number of alkyl halides is 3. The first-order valence-corrected chi connectivity index (χ1v) is 8.91. The average molecular weight is 436 g/mol. The Morgan fingerprint density at radius 1 is 1.20 bits per heavy atom. The third-order valence-electron chi connectivity index (χ3n) is 2.39. The van der Waals surface area contributed by atoms with Crippen LogP contribution in [0.3, 0.4) is 0 Å². The molecule has 1 heterocycles. The smallest absolute Gasteiger partial charge is 0.414 e. The largest absolute Gasteiger partial charge is 0.473 e. The van der Waals surface area contributed by atoms with Crippen LogP contribution >= 0.6 is 46.6 Å². The lowest BCUT2D eigenvalue weighted by Crippen LogP contribution is -2.35. The summed E-state index contributed by atoms with van der Waals surface area (Å²) in [5, 5.41) is 14.8. The highest BCUT2D eigenvalue weighted by Crippen LogP contribution is 2.28. The Hall–Kier alpha value is -1.13. The van der Waals surface area contributed by atoms with E-state index in [0.717, 1.165) is 17.3 Å². The predicted molar refractivity (Wildman–Crippen MR) is 96.0 cm³/mol. The van der Waals surface area contributed by atoms with E-state index >= 15 is 0 Å². The van der Waals surface area contributed by atoms with Crippen molar-refractivity contribution in [1.29, 1.82) is 0 Å². The van der Waals surface area contributed by atoms with Crippen molar-refractivity contribution in [2.24, 2.45) is 5.73 Å². The zero-order valence-electron chi connectivity index (χ0n) is 13.1. The summed E-state index contributed by atoms with van der Waals surface area (Å²) >= 11 is 18.3. The number of furan rings is 1. The van der Waals surface area contributed by atoms with Crippen LogP contribution in [-0.2, 0) is 26.7 Å². The van der Waals surface area contributed by atoms with Crippen LogP contribution in [0.2, 0.25) is 0 Å². The van der Waals surface area contributed by atoms with Crippen LogP contribution in [0.15, 0.2) is 16.5 Å². The summed E-state index contributed by atoms with van der Waals surface area (Å²) < 4.78 is 3.64. The fourth-order valence-electron chi connectivity index (χ4n) is 1.36. The van der Waals surface area contributed by atoms with Gasteiger partial charge in [0.05, 0.1) is 12.3 Å². The van der Waals surface area contributed by atoms with Gasteiger partial charge in [0, 0.05) is 19.3 Å². The molecule has 1 rings (SSSR count). The summed E-state index contributed by atoms with van der Waals surface area (Å²) in [6.07, 6.45) is 0. The molecule has 0 unspecified atom stereocenters. The van der Waals surface area contributed by atoms with E-state index in [1.807, 2.05) is 6.07 Å². The van der Waals surface area contributed by atoms with Crippen LogP contribution < -0.4 is 5.73 Å². The second-order valence-corrected chi connectivity index (χ2v) is 7.86. The maximum absolute atomic E-state index is 11.7. The van der Waals surface area contributed by atoms with Gasteiger partial charge in [-0.05, 0) is 12.1 Å². The van der Waals surface area contributed by atoms with Crippen LogP contribution in [-0.4, -0.2) is 56.1 Å². The summed E-state index contributed by atoms with van der Waals surface area (Å²) in [7, 11) is 1.55. The molecule has 0 aliphatic heterocycles. The minimum atomic E-state index is -1.94. The van der Waals surface area contributed by atoms with E-state index in [1.165, 1.54) is 4.90 Å². The number of nitrogens with zero attached hydrogens (tertiary/aromatic N) is 1. The average Bonchev–Trinajstić information content (AvgIpc) is 2.93. The molecule has 0 aromatic carbocycles. The van der Waals surface area contributed by atoms with E-state index < -0.39 is 21.6 Å². The number of carbonyl (C=O) groups excluding carboxylic acids is 1. The van der Waals surface area contributed by atoms with Crippen molar-refractivity contribution in [2.45, 2.75) is 16.1 Å². The van der Waals surface area contributed by atoms with Gasteiger partial charge in [-0.1, -0.05) is 34.8 Å². The van der Waals surface area contributed by atoms with Crippen molar-refractivity contribution in [3.63, 3.8) is 0 Å². The van der Waals surface area contributed by atoms with Gasteiger partial charge in [0.1, 0.15) is 11.5 Å². The van der Waals surface area contributed by atoms with E-state index in [1.54, 1.807) is 24.9 Å². The Kier molecular flexibility index (Phi) is 11.0. The Labute approximate surface area is 163 Å². The first kappa shape index (κ1) is 23.9. The number of carboxylic acid groups (broad SMARTS) is 2. The molecular weight excluding hydrogens is 419 g/mol. The highest BCUT2D eigenvalue weighted by atomic mass is 35.6. The van der Waals surface area contributed by atoms with Crippen molar-refractivity contribution in [2.75, 3.05) is 19.3 Å². The minimum Gasteiger partial charge on any atom is -0.473 e. The number of carbonyl (C=O) groups is 3. The number of halogens is 3. The Bertz CT molecular complexity index is 579. The molecular formula is C13H17Cl3N2O6S. The molecule has 1 aromatic heterocycles. The van der Waals surface area contributed by atoms with Gasteiger partial charge in [0.2, 0.25) is 0 Å². The second kappa shape index (κ2) is 11.5. The predicted octanol–water partition coefficient (Wildman–Crippen LogP) is 1.96. The lowest BCUT2D eigenvalue weighted by atomic mass is 10.4. The van der Waals surface area contributed by atoms with E-state index in [2.05, 4.69) is 0 Å². The Morgan fingerprint density at radius 2 is 1.72 bits per heavy atom. The van der Waals surface area contributed by atoms with Crippen molar-refractivity contribution in [3.05, 3.63) is 23.7 Å². The minimum absolute atomic E-state index is 0.258. The molecule has 0 radical (unpaired) electrons. The molecule has 0 fully saturated rings. The highest BCUT2D eigenvalue weighted by molar-refractivity contribution is 7.98. The molecule has 0 bridgehead atoms. The quantitative estimate of drug-likeness (QED) is 0.351. The van der Waals surface area contributed by atoms with E-state index in [9.17, 15) is 4.79 Å². The summed E-state index contributed by atoms with van der Waals surface area (Å²) in [5.74, 6) is -1.13. The summed E-state index contributed by atoms with van der Waals surface area (Å²) in [5.41, 5.74) is 5.40. The fourth-order valence-corrected chi connectivity index (χ4v) is 2.46. The molecule has 25 heavy (non-hydrogen) atoms. The molecule has 8 nitrogen and oxygen atoms in total. The number of carboxylic acids is 2. The maximum Gasteiger partial charge on any atom is 0.414 e. The van der Waals surface area contributed by atoms with Crippen molar-refractivity contribution in [3.8, 4) is 0 Å². The molecule has 0 aliphatic carbocycles. The van der Waals surface area contributed by atoms with Gasteiger partial charge in [0.25, 0.3) is 9.70 Å². The number of nitrogens with two attached hydrogens (primary N) is 1. The first-order valence-electron chi connectivity index (χ1n) is 6.63. The number of hydrogen-bond donors (Lipinski definition) is 3. The van der Waals surface area contributed by atoms with Gasteiger partial charge in [-0.3, -0.25) is 4.79 Å². The van der Waals surface area contributed by atoms with Gasteiger partial charge in [-0.2, -0.15) is 11.8 Å². The van der Waals surface area contributed by atoms with Crippen LogP contribution in [0.5, 0.6) is 0 Å². The standard InChI is InChI=1S/C11H15Cl3N2O2S.C2H2O4/c1-16(10(17)11(12,13)14)6-8-2-3-9(18-8)7-19-5-4-15;3-1(4)2(5)6/h2-3H,4-7,15H2,1H3;(H,3,4)(H,5,6). The Morgan fingerprint density at radius 3 is 2.16 bits per heavy atom. The van der Waals surface area contributed by atoms with Gasteiger partial charge in [-0.15, -0.1) is 0 Å². The Balaban J connectivity index is 0.000000823. The molecule has 1 amide bonds. The van der Waals surface area contributed by atoms with E-state index in [4.69, 9.17) is 64.8 Å². The number of amides is 1. The van der Waals surface area contributed by atoms with Gasteiger partial charge >= 0.3 is 11.9 Å². The molecule has 0 aliphatic rings. The molecule has 0 saturated heterocycles. The van der Waals surface area contributed by atoms with E-state index in [0.29, 0.717) is 12.3 Å². The normalized spacial score (nSPS) is 10.6. The molecule has 142 valence electrons. The van der Waals surface area contributed by atoms with E-state index in [-0.39, 0.29) is 6.54 Å². The van der Waals surface area contributed by atoms with Crippen LogP contribution in [0, 0.1) is 0 Å². The van der Waals surface area contributed by atoms with Gasteiger partial charge in [0.15, 0.2) is 0 Å². The van der Waals surface area contributed by atoms with Gasteiger partial charge < -0.3 is 25.3 Å². The molecule has 1 aromatic rings. The zero-order chi connectivity index (χ0) is 19.6. The topological polar surface area (TPSA) is 134 Å². The first-order chi connectivity index (χ1) is 11.5. The van der Waals surface area contributed by atoms with Crippen molar-refractivity contribution < 1.29 is 29.0 Å². The maximum atomic E-state index is 11.7. The monoisotopic (exact) mass is 434 g/mol. The summed E-state index contributed by atoms with van der Waals surface area (Å²) in [4.78, 5) is 31.2. The SMILES string of the molecule is CN(Cc1ccc(CSCCN)o1)C(=O)C(Cl)(Cl)Cl.O=C(O)C(=O)O. The second-order valence-electron chi connectivity index (χ2n) is 4.48. The molecule has 12 heteroatoms. The summed E-state index contributed by atoms with van der Waals surface area (Å²) in [6.45, 7) is 0.896. The number of thioether (sulfide) groups is 1. The fraction of sp³-hybridized carbons (Fsp3) is 0.462. The molecule has 0 saturated carbocycles. The van der Waals surface area contributed by atoms with Crippen LogP contribution in [0.4, 0.5) is 0 Å². The summed E-state index contributed by atoms with van der Waals surface area (Å²) in [6, 6.07) is 3.67. The van der Waals surface area contributed by atoms with Crippen molar-refractivity contribution in [1.82, 2.24) is 4.90 Å². The number of rotatable bonds is 6. The van der Waals surface area contributed by atoms with Crippen LogP contribution in [0.25, 0.3) is 0 Å². The zero-order valence-corrected chi connectivity index (χ0v) is 16.2. The third-order valence-corrected chi connectivity index (χ3v) is 3.89. The lowest BCUT2D eigenvalue weighted by Gasteiger charge is -2.20. The third kappa shape index (κ3) is 10.5. The van der Waals surface area contributed by atoms with Crippen LogP contribution in [0.1, 0.15) is 11.5 Å². The van der Waals surface area contributed by atoms with Crippen molar-refractivity contribution >= 4 is 64.4 Å². The molecule has 4 N–H and O–H groups in total. The molecule has 0 atom stereocenters. The van der Waals surface area contributed by atoms with Gasteiger partial charge in [-0.25, -0.2) is 9.59 Å². The molecule has 0 spiro atoms. The number of aliphatic carboxylic acids is 2.